The fourth-order valence-electron chi connectivity index (χ4n) is 2.33. The third-order valence-electron chi connectivity index (χ3n) is 3.43. The van der Waals surface area contributed by atoms with Gasteiger partial charge in [0.25, 0.3) is 11.1 Å². The third kappa shape index (κ3) is 4.38. The van der Waals surface area contributed by atoms with Crippen LogP contribution in [-0.2, 0) is 13.2 Å². The van der Waals surface area contributed by atoms with Crippen LogP contribution < -0.4 is 4.74 Å². The number of hydrogen-bond acceptors (Lipinski definition) is 6. The highest BCUT2D eigenvalue weighted by molar-refractivity contribution is 7.99. The Morgan fingerprint density at radius 3 is 2.79 bits per heavy atom. The zero-order valence-electron chi connectivity index (χ0n) is 14.0. The van der Waals surface area contributed by atoms with Gasteiger partial charge in [0.1, 0.15) is 5.75 Å². The highest BCUT2D eigenvalue weighted by Gasteiger charge is 2.08. The van der Waals surface area contributed by atoms with Gasteiger partial charge < -0.3 is 9.15 Å². The maximum absolute atomic E-state index is 5.66. The van der Waals surface area contributed by atoms with Crippen LogP contribution in [0.1, 0.15) is 22.8 Å². The topological polar surface area (TPSA) is 66.0 Å². The summed E-state index contributed by atoms with van der Waals surface area (Å²) in [5.41, 5.74) is 3.34. The van der Waals surface area contributed by atoms with Crippen molar-refractivity contribution in [3.8, 4) is 5.75 Å². The van der Waals surface area contributed by atoms with Gasteiger partial charge in [-0.25, -0.2) is 0 Å². The van der Waals surface area contributed by atoms with E-state index in [-0.39, 0.29) is 6.61 Å². The number of thioether (sulfide) groups is 1. The second kappa shape index (κ2) is 7.53. The Bertz CT molecular complexity index is 813. The zero-order chi connectivity index (χ0) is 16.9. The molecule has 1 aromatic carbocycles. The van der Waals surface area contributed by atoms with Crippen LogP contribution in [0.5, 0.6) is 5.75 Å². The van der Waals surface area contributed by atoms with Gasteiger partial charge >= 0.3 is 0 Å². The molecular formula is C17H20N4O2S. The van der Waals surface area contributed by atoms with Gasteiger partial charge in [-0.2, -0.15) is 5.10 Å². The predicted octanol–water partition coefficient (Wildman–Crippen LogP) is 3.56. The first-order valence-electron chi connectivity index (χ1n) is 7.76. The van der Waals surface area contributed by atoms with E-state index in [1.54, 1.807) is 0 Å². The van der Waals surface area contributed by atoms with E-state index in [1.807, 2.05) is 42.8 Å². The Morgan fingerprint density at radius 2 is 2.04 bits per heavy atom. The van der Waals surface area contributed by atoms with Crippen molar-refractivity contribution < 1.29 is 9.15 Å². The molecule has 0 N–H and O–H groups in total. The van der Waals surface area contributed by atoms with Gasteiger partial charge in [-0.3, -0.25) is 4.68 Å². The molecule has 0 fully saturated rings. The number of aryl methyl sites for hydroxylation is 4. The normalized spacial score (nSPS) is 11.0. The minimum Gasteiger partial charge on any atom is -0.484 e. The minimum absolute atomic E-state index is 0.272. The highest BCUT2D eigenvalue weighted by Crippen LogP contribution is 2.18. The van der Waals surface area contributed by atoms with Gasteiger partial charge in [0.15, 0.2) is 6.61 Å². The molecule has 0 saturated heterocycles. The summed E-state index contributed by atoms with van der Waals surface area (Å²) in [6, 6.07) is 9.93. The van der Waals surface area contributed by atoms with E-state index in [4.69, 9.17) is 9.15 Å². The fourth-order valence-corrected chi connectivity index (χ4v) is 3.02. The lowest BCUT2D eigenvalue weighted by Gasteiger charge is -2.03. The minimum atomic E-state index is 0.272. The summed E-state index contributed by atoms with van der Waals surface area (Å²) in [4.78, 5) is 0. The molecule has 3 aromatic rings. The Kier molecular flexibility index (Phi) is 5.20. The van der Waals surface area contributed by atoms with E-state index in [9.17, 15) is 0 Å². The van der Waals surface area contributed by atoms with Crippen molar-refractivity contribution in [1.82, 2.24) is 20.0 Å². The van der Waals surface area contributed by atoms with Crippen molar-refractivity contribution >= 4 is 11.8 Å². The van der Waals surface area contributed by atoms with Crippen molar-refractivity contribution in [2.24, 2.45) is 0 Å². The number of benzene rings is 1. The molecule has 0 unspecified atom stereocenters. The number of aromatic nitrogens is 4. The van der Waals surface area contributed by atoms with E-state index in [0.717, 1.165) is 35.0 Å². The van der Waals surface area contributed by atoms with Crippen LogP contribution in [0.15, 0.2) is 40.0 Å². The van der Waals surface area contributed by atoms with Crippen LogP contribution in [0, 0.1) is 20.8 Å². The molecule has 0 atom stereocenters. The molecule has 126 valence electrons. The Labute approximate surface area is 145 Å². The molecule has 0 radical (unpaired) electrons. The van der Waals surface area contributed by atoms with Crippen molar-refractivity contribution in [1.29, 1.82) is 0 Å². The molecule has 0 saturated carbocycles. The largest absolute Gasteiger partial charge is 0.484 e. The van der Waals surface area contributed by atoms with Crippen LogP contribution in [0.4, 0.5) is 0 Å². The number of rotatable bonds is 7. The summed E-state index contributed by atoms with van der Waals surface area (Å²) in [5.74, 6) is 2.10. The lowest BCUT2D eigenvalue weighted by atomic mass is 10.2. The van der Waals surface area contributed by atoms with Crippen LogP contribution in [0.25, 0.3) is 0 Å². The SMILES string of the molecule is Cc1cccc(OCc2nnc(SCCn3nc(C)cc3C)o2)c1. The second-order valence-corrected chi connectivity index (χ2v) is 6.61. The molecule has 2 heterocycles. The second-order valence-electron chi connectivity index (χ2n) is 5.57. The van der Waals surface area contributed by atoms with E-state index in [2.05, 4.69) is 28.3 Å². The first-order valence-corrected chi connectivity index (χ1v) is 8.74. The molecule has 0 aliphatic rings. The zero-order valence-corrected chi connectivity index (χ0v) is 14.8. The smallest absolute Gasteiger partial charge is 0.276 e. The first kappa shape index (κ1) is 16.6. The molecule has 0 amide bonds. The number of ether oxygens (including phenoxy) is 1. The van der Waals surface area contributed by atoms with E-state index < -0.39 is 0 Å². The summed E-state index contributed by atoms with van der Waals surface area (Å²) < 4.78 is 13.2. The Hall–Kier alpha value is -2.28. The van der Waals surface area contributed by atoms with Crippen LogP contribution in [0.3, 0.4) is 0 Å². The average molecular weight is 344 g/mol. The van der Waals surface area contributed by atoms with Gasteiger partial charge in [0.05, 0.1) is 12.2 Å². The molecule has 2 aromatic heterocycles. The summed E-state index contributed by atoms with van der Waals surface area (Å²) >= 11 is 1.52. The molecule has 6 nitrogen and oxygen atoms in total. The first-order chi connectivity index (χ1) is 11.6. The summed E-state index contributed by atoms with van der Waals surface area (Å²) in [6.45, 7) is 7.15. The molecule has 0 spiro atoms. The Balaban J connectivity index is 1.47. The highest BCUT2D eigenvalue weighted by atomic mass is 32.2. The molecular weight excluding hydrogens is 324 g/mol. The van der Waals surface area contributed by atoms with Crippen molar-refractivity contribution in [2.75, 3.05) is 5.75 Å². The number of hydrogen-bond donors (Lipinski definition) is 0. The van der Waals surface area contributed by atoms with Gasteiger partial charge in [-0.15, -0.1) is 10.2 Å². The average Bonchev–Trinajstić information content (AvgIpc) is 3.12. The van der Waals surface area contributed by atoms with Crippen LogP contribution in [-0.4, -0.2) is 25.7 Å². The third-order valence-corrected chi connectivity index (χ3v) is 4.23. The molecule has 0 bridgehead atoms. The van der Waals surface area contributed by atoms with Crippen LogP contribution >= 0.6 is 11.8 Å². The van der Waals surface area contributed by atoms with Crippen molar-refractivity contribution in [3.05, 3.63) is 53.2 Å². The van der Waals surface area contributed by atoms with Gasteiger partial charge in [0.2, 0.25) is 0 Å². The molecule has 3 rings (SSSR count). The summed E-state index contributed by atoms with van der Waals surface area (Å²) in [5, 5.41) is 13.0. The van der Waals surface area contributed by atoms with Crippen molar-refractivity contribution in [3.63, 3.8) is 0 Å². The van der Waals surface area contributed by atoms with E-state index in [1.165, 1.54) is 11.8 Å². The molecule has 0 aliphatic heterocycles. The lowest BCUT2D eigenvalue weighted by molar-refractivity contribution is 0.252. The van der Waals surface area contributed by atoms with Gasteiger partial charge in [0, 0.05) is 11.4 Å². The molecule has 7 heteroatoms. The monoisotopic (exact) mass is 344 g/mol. The number of nitrogens with zero attached hydrogens (tertiary/aromatic N) is 4. The maximum atomic E-state index is 5.66. The summed E-state index contributed by atoms with van der Waals surface area (Å²) in [6.07, 6.45) is 0. The van der Waals surface area contributed by atoms with Gasteiger partial charge in [-0.05, 0) is 44.5 Å². The molecule has 24 heavy (non-hydrogen) atoms. The standard InChI is InChI=1S/C17H20N4O2S/c1-12-5-4-6-15(9-12)22-11-16-18-19-17(23-16)24-8-7-21-14(3)10-13(2)20-21/h4-6,9-10H,7-8,11H2,1-3H3. The molecule has 0 aliphatic carbocycles. The lowest BCUT2D eigenvalue weighted by Crippen LogP contribution is -2.04. The van der Waals surface area contributed by atoms with Gasteiger partial charge in [-0.1, -0.05) is 23.9 Å². The van der Waals surface area contributed by atoms with E-state index >= 15 is 0 Å². The maximum Gasteiger partial charge on any atom is 0.276 e. The Morgan fingerprint density at radius 1 is 1.17 bits per heavy atom. The van der Waals surface area contributed by atoms with Crippen molar-refractivity contribution in [2.45, 2.75) is 39.1 Å². The fraction of sp³-hybridized carbons (Fsp3) is 0.353. The quantitative estimate of drug-likeness (QED) is 0.611. The van der Waals surface area contributed by atoms with E-state index in [0.29, 0.717) is 11.1 Å². The van der Waals surface area contributed by atoms with Crippen LogP contribution in [0.2, 0.25) is 0 Å². The summed E-state index contributed by atoms with van der Waals surface area (Å²) in [7, 11) is 0. The predicted molar refractivity (Wildman–Crippen MR) is 92.2 cm³/mol.